The fourth-order valence-corrected chi connectivity index (χ4v) is 8.48. The fraction of sp³-hybridized carbons (Fsp3) is 0.873. The van der Waals surface area contributed by atoms with E-state index in [0.717, 1.165) is 38.5 Å². The van der Waals surface area contributed by atoms with Crippen molar-refractivity contribution in [2.24, 2.45) is 0 Å². The molecule has 352 valence electrons. The highest BCUT2D eigenvalue weighted by molar-refractivity contribution is 5.87. The maximum atomic E-state index is 12.1. The van der Waals surface area contributed by atoms with Crippen LogP contribution in [0.3, 0.4) is 0 Å². The van der Waals surface area contributed by atoms with Crippen molar-refractivity contribution in [3.8, 4) is 17.2 Å². The average Bonchev–Trinajstić information content (AvgIpc) is 3.25. The van der Waals surface area contributed by atoms with Crippen molar-refractivity contribution >= 4 is 5.97 Å². The van der Waals surface area contributed by atoms with E-state index in [2.05, 4.69) is 20.8 Å². The summed E-state index contributed by atoms with van der Waals surface area (Å²) in [7, 11) is 0. The van der Waals surface area contributed by atoms with Crippen LogP contribution in [0.2, 0.25) is 0 Å². The molecule has 0 aliphatic rings. The molecule has 1 aromatic rings. The zero-order chi connectivity index (χ0) is 43.2. The minimum atomic E-state index is -1.21. The van der Waals surface area contributed by atoms with E-state index in [4.69, 9.17) is 14.2 Å². The van der Waals surface area contributed by atoms with E-state index in [1.54, 1.807) is 12.1 Å². The van der Waals surface area contributed by atoms with Gasteiger partial charge < -0.3 is 24.1 Å². The molecule has 0 spiro atoms. The number of benzene rings is 1. The second-order valence-corrected chi connectivity index (χ2v) is 18.4. The number of unbranched alkanes of at least 4 members (excludes halogenated alkanes) is 39. The van der Waals surface area contributed by atoms with Gasteiger partial charge in [-0.25, -0.2) is 0 Å². The van der Waals surface area contributed by atoms with Crippen LogP contribution in [0, 0.1) is 0 Å². The Morgan fingerprint density at radius 3 is 0.750 bits per heavy atom. The molecular weight excluding hydrogens is 741 g/mol. The summed E-state index contributed by atoms with van der Waals surface area (Å²) in [5, 5.41) is 12.1. The molecule has 0 unspecified atom stereocenters. The lowest BCUT2D eigenvalue weighted by molar-refractivity contribution is -0.255. The molecule has 0 radical (unpaired) electrons. The van der Waals surface area contributed by atoms with E-state index in [1.165, 1.54) is 231 Å². The van der Waals surface area contributed by atoms with Crippen LogP contribution < -0.4 is 19.3 Å². The van der Waals surface area contributed by atoms with Crippen molar-refractivity contribution in [1.29, 1.82) is 0 Å². The Morgan fingerprint density at radius 2 is 0.533 bits per heavy atom. The molecule has 0 bridgehead atoms. The standard InChI is InChI=1S/C55H102O5/c1-4-7-10-13-16-19-22-25-28-31-34-37-40-43-46-58-52-49-51(55(56)57)50-53(59-47-44-41-38-35-32-29-26-23-20-17-14-11-8-5-2)54(52)60-48-45-42-39-36-33-30-27-24-21-18-15-12-9-6-3/h49-50H,4-48H2,1-3H3,(H,56,57)/p-1. The molecule has 1 aromatic carbocycles. The molecule has 0 aliphatic carbocycles. The number of rotatable bonds is 49. The van der Waals surface area contributed by atoms with E-state index in [-0.39, 0.29) is 5.56 Å². The van der Waals surface area contributed by atoms with Crippen molar-refractivity contribution < 1.29 is 24.1 Å². The topological polar surface area (TPSA) is 67.8 Å². The summed E-state index contributed by atoms with van der Waals surface area (Å²) in [5.74, 6) is 0.307. The molecule has 0 aromatic heterocycles. The first-order valence-electron chi connectivity index (χ1n) is 26.9. The smallest absolute Gasteiger partial charge is 0.203 e. The molecule has 5 heteroatoms. The van der Waals surface area contributed by atoms with Crippen LogP contribution in [0.4, 0.5) is 0 Å². The summed E-state index contributed by atoms with van der Waals surface area (Å²) in [6.07, 6.45) is 55.1. The van der Waals surface area contributed by atoms with Crippen LogP contribution in [0.1, 0.15) is 301 Å². The first-order chi connectivity index (χ1) is 29.6. The van der Waals surface area contributed by atoms with Crippen molar-refractivity contribution in [2.75, 3.05) is 19.8 Å². The molecule has 0 saturated heterocycles. The molecule has 0 saturated carbocycles. The van der Waals surface area contributed by atoms with Gasteiger partial charge in [0.05, 0.1) is 25.8 Å². The Morgan fingerprint density at radius 1 is 0.333 bits per heavy atom. The minimum absolute atomic E-state index is 0.0887. The van der Waals surface area contributed by atoms with Gasteiger partial charge in [-0.15, -0.1) is 0 Å². The predicted molar refractivity (Wildman–Crippen MR) is 258 cm³/mol. The van der Waals surface area contributed by atoms with Crippen LogP contribution in [0.5, 0.6) is 17.2 Å². The third-order valence-corrected chi connectivity index (χ3v) is 12.5. The maximum absolute atomic E-state index is 12.1. The fourth-order valence-electron chi connectivity index (χ4n) is 8.48. The lowest BCUT2D eigenvalue weighted by Gasteiger charge is -2.19. The molecule has 0 N–H and O–H groups in total. The predicted octanol–water partition coefficient (Wildman–Crippen LogP) is 17.6. The first kappa shape index (κ1) is 56.1. The monoisotopic (exact) mass is 842 g/mol. The van der Waals surface area contributed by atoms with Crippen LogP contribution in [-0.2, 0) is 0 Å². The van der Waals surface area contributed by atoms with Gasteiger partial charge in [-0.3, -0.25) is 0 Å². The van der Waals surface area contributed by atoms with Gasteiger partial charge in [-0.05, 0) is 31.4 Å². The largest absolute Gasteiger partial charge is 0.545 e. The third-order valence-electron chi connectivity index (χ3n) is 12.5. The Kier molecular flexibility index (Phi) is 42.2. The number of carbonyl (C=O) groups excluding carboxylic acids is 1. The number of aromatic carboxylic acids is 1. The van der Waals surface area contributed by atoms with Crippen LogP contribution in [-0.4, -0.2) is 25.8 Å². The van der Waals surface area contributed by atoms with Crippen LogP contribution in [0.15, 0.2) is 12.1 Å². The zero-order valence-corrected chi connectivity index (χ0v) is 40.5. The molecular formula is C55H101O5-. The van der Waals surface area contributed by atoms with E-state index in [1.807, 2.05) is 0 Å². The van der Waals surface area contributed by atoms with Gasteiger partial charge in [0, 0.05) is 5.56 Å². The molecule has 0 fully saturated rings. The van der Waals surface area contributed by atoms with Gasteiger partial charge in [-0.1, -0.05) is 271 Å². The lowest BCUT2D eigenvalue weighted by atomic mass is 10.0. The van der Waals surface area contributed by atoms with Crippen molar-refractivity contribution in [1.82, 2.24) is 0 Å². The lowest BCUT2D eigenvalue weighted by Crippen LogP contribution is -2.22. The molecule has 60 heavy (non-hydrogen) atoms. The zero-order valence-electron chi connectivity index (χ0n) is 40.5. The summed E-state index contributed by atoms with van der Waals surface area (Å²) >= 11 is 0. The molecule has 0 amide bonds. The minimum Gasteiger partial charge on any atom is -0.545 e. The van der Waals surface area contributed by atoms with Crippen LogP contribution >= 0.6 is 0 Å². The summed E-state index contributed by atoms with van der Waals surface area (Å²) in [5.41, 5.74) is 0.0887. The quantitative estimate of drug-likeness (QED) is 0.0611. The van der Waals surface area contributed by atoms with Gasteiger partial charge in [0.15, 0.2) is 11.5 Å². The van der Waals surface area contributed by atoms with Gasteiger partial charge in [0.1, 0.15) is 0 Å². The van der Waals surface area contributed by atoms with Crippen molar-refractivity contribution in [3.05, 3.63) is 17.7 Å². The highest BCUT2D eigenvalue weighted by Crippen LogP contribution is 2.39. The maximum Gasteiger partial charge on any atom is 0.203 e. The van der Waals surface area contributed by atoms with Gasteiger partial charge >= 0.3 is 0 Å². The second kappa shape index (κ2) is 45.1. The number of carboxylic acids is 1. The van der Waals surface area contributed by atoms with Crippen molar-refractivity contribution in [2.45, 2.75) is 290 Å². The van der Waals surface area contributed by atoms with E-state index >= 15 is 0 Å². The Hall–Kier alpha value is -1.91. The Balaban J connectivity index is 2.50. The van der Waals surface area contributed by atoms with E-state index in [0.29, 0.717) is 37.1 Å². The highest BCUT2D eigenvalue weighted by atomic mass is 16.5. The van der Waals surface area contributed by atoms with Gasteiger partial charge in [-0.2, -0.15) is 0 Å². The van der Waals surface area contributed by atoms with E-state index in [9.17, 15) is 9.90 Å². The molecule has 0 heterocycles. The number of carboxylic acid groups (broad SMARTS) is 1. The van der Waals surface area contributed by atoms with Gasteiger partial charge in [0.25, 0.3) is 0 Å². The highest BCUT2D eigenvalue weighted by Gasteiger charge is 2.17. The summed E-state index contributed by atoms with van der Waals surface area (Å²) < 4.78 is 19.0. The molecule has 1 rings (SSSR count). The summed E-state index contributed by atoms with van der Waals surface area (Å²) in [6.45, 7) is 8.52. The molecule has 0 aliphatic heterocycles. The summed E-state index contributed by atoms with van der Waals surface area (Å²) in [4.78, 5) is 12.1. The Labute approximate surface area is 374 Å². The third kappa shape index (κ3) is 35.7. The van der Waals surface area contributed by atoms with Crippen LogP contribution in [0.25, 0.3) is 0 Å². The summed E-state index contributed by atoms with van der Waals surface area (Å²) in [6, 6.07) is 3.16. The van der Waals surface area contributed by atoms with E-state index < -0.39 is 5.97 Å². The number of ether oxygens (including phenoxy) is 3. The first-order valence-corrected chi connectivity index (χ1v) is 26.9. The van der Waals surface area contributed by atoms with Crippen molar-refractivity contribution in [3.63, 3.8) is 0 Å². The molecule has 0 atom stereocenters. The number of carbonyl (C=O) groups is 1. The normalized spacial score (nSPS) is 11.4. The second-order valence-electron chi connectivity index (χ2n) is 18.4. The number of hydrogen-bond donors (Lipinski definition) is 0. The van der Waals surface area contributed by atoms with Gasteiger partial charge in [0.2, 0.25) is 5.75 Å². The Bertz CT molecular complexity index is 985. The number of hydrogen-bond acceptors (Lipinski definition) is 5. The molecule has 5 nitrogen and oxygen atoms in total. The average molecular weight is 842 g/mol. The SMILES string of the molecule is CCCCCCCCCCCCCCCCOc1cc(C(=O)[O-])cc(OCCCCCCCCCCCCCCCC)c1OCCCCCCCCCCCCCCCC.